The molecule has 0 radical (unpaired) electrons. The van der Waals surface area contributed by atoms with Gasteiger partial charge in [-0.1, -0.05) is 36.4 Å². The molecule has 0 fully saturated rings. The Balaban J connectivity index is 1.74. The molecule has 4 rings (SSSR count). The summed E-state index contributed by atoms with van der Waals surface area (Å²) in [4.78, 5) is 14.2. The Morgan fingerprint density at radius 3 is 2.41 bits per heavy atom. The number of rotatable bonds is 3. The minimum absolute atomic E-state index is 0.195. The van der Waals surface area contributed by atoms with Crippen LogP contribution in [0.4, 0.5) is 10.5 Å². The van der Waals surface area contributed by atoms with Crippen molar-refractivity contribution in [3.63, 3.8) is 0 Å². The van der Waals surface area contributed by atoms with Crippen LogP contribution in [0.15, 0.2) is 65.7 Å². The van der Waals surface area contributed by atoms with E-state index >= 15 is 0 Å². The molecular formula is C24H27N3O4S. The molecule has 0 bridgehead atoms. The molecule has 0 atom stereocenters. The van der Waals surface area contributed by atoms with Crippen molar-refractivity contribution < 1.29 is 17.9 Å². The minimum Gasteiger partial charge on any atom is -0.444 e. The van der Waals surface area contributed by atoms with Crippen LogP contribution in [0.1, 0.15) is 32.8 Å². The first kappa shape index (κ1) is 22.0. The van der Waals surface area contributed by atoms with E-state index in [9.17, 15) is 13.2 Å². The van der Waals surface area contributed by atoms with Gasteiger partial charge in [-0.3, -0.25) is 0 Å². The Labute approximate surface area is 188 Å². The van der Waals surface area contributed by atoms with Crippen LogP contribution in [-0.2, 0) is 14.8 Å². The van der Waals surface area contributed by atoms with Gasteiger partial charge < -0.3 is 15.4 Å². The number of fused-ring (bicyclic) bond motifs is 1. The fourth-order valence-corrected chi connectivity index (χ4v) is 5.25. The predicted molar refractivity (Wildman–Crippen MR) is 126 cm³/mol. The molecule has 0 spiro atoms. The number of aromatic nitrogens is 1. The molecule has 168 valence electrons. The van der Waals surface area contributed by atoms with E-state index < -0.39 is 15.6 Å². The van der Waals surface area contributed by atoms with Gasteiger partial charge in [0, 0.05) is 30.2 Å². The maximum atomic E-state index is 13.4. The molecule has 1 aliphatic heterocycles. The summed E-state index contributed by atoms with van der Waals surface area (Å²) < 4.78 is 33.5. The van der Waals surface area contributed by atoms with Crippen molar-refractivity contribution in [3.8, 4) is 0 Å². The van der Waals surface area contributed by atoms with Crippen LogP contribution in [0, 0.1) is 0 Å². The molecule has 2 aromatic carbocycles. The molecule has 0 aliphatic carbocycles. The first-order chi connectivity index (χ1) is 15.1. The minimum atomic E-state index is -3.83. The van der Waals surface area contributed by atoms with Crippen LogP contribution in [0.3, 0.4) is 0 Å². The molecule has 2 heterocycles. The number of carbonyl (C=O) groups excluding carboxylic acids is 1. The van der Waals surface area contributed by atoms with Crippen LogP contribution in [-0.4, -0.2) is 42.1 Å². The van der Waals surface area contributed by atoms with Crippen LogP contribution >= 0.6 is 0 Å². The third-order valence-electron chi connectivity index (χ3n) is 5.33. The van der Waals surface area contributed by atoms with Crippen molar-refractivity contribution in [2.24, 2.45) is 0 Å². The summed E-state index contributed by atoms with van der Waals surface area (Å²) in [5.41, 5.74) is 8.29. The molecule has 0 saturated carbocycles. The maximum absolute atomic E-state index is 13.4. The van der Waals surface area contributed by atoms with Gasteiger partial charge in [0.05, 0.1) is 16.1 Å². The normalized spacial score (nSPS) is 15.0. The largest absolute Gasteiger partial charge is 0.444 e. The maximum Gasteiger partial charge on any atom is 0.410 e. The molecule has 2 N–H and O–H groups in total. The number of carbonyl (C=O) groups is 1. The second kappa shape index (κ2) is 8.02. The van der Waals surface area contributed by atoms with Gasteiger partial charge >= 0.3 is 6.09 Å². The summed E-state index contributed by atoms with van der Waals surface area (Å²) in [6.07, 6.45) is 3.81. The van der Waals surface area contributed by atoms with Crippen molar-refractivity contribution in [2.75, 3.05) is 18.8 Å². The van der Waals surface area contributed by atoms with Crippen molar-refractivity contribution in [1.29, 1.82) is 0 Å². The van der Waals surface area contributed by atoms with Crippen molar-refractivity contribution >= 4 is 38.3 Å². The molecule has 8 heteroatoms. The summed E-state index contributed by atoms with van der Waals surface area (Å²) in [7, 11) is -3.83. The van der Waals surface area contributed by atoms with Gasteiger partial charge in [0.15, 0.2) is 0 Å². The smallest absolute Gasteiger partial charge is 0.410 e. The van der Waals surface area contributed by atoms with Crippen molar-refractivity contribution in [3.05, 3.63) is 66.4 Å². The van der Waals surface area contributed by atoms with Crippen LogP contribution < -0.4 is 5.73 Å². The summed E-state index contributed by atoms with van der Waals surface area (Å²) in [6, 6.07) is 13.7. The van der Waals surface area contributed by atoms with E-state index in [2.05, 4.69) is 0 Å². The number of nitrogens with zero attached hydrogens (tertiary/aromatic N) is 2. The molecule has 0 saturated heterocycles. The zero-order chi connectivity index (χ0) is 23.1. The number of nitrogen functional groups attached to an aromatic ring is 1. The fourth-order valence-electron chi connectivity index (χ4n) is 3.83. The Morgan fingerprint density at radius 2 is 1.78 bits per heavy atom. The standard InChI is InChI=1S/C24H27N3O4S/c1-24(2,3)31-23(28)26-14-12-17(13-15-26)20-16-27(22-19(20)10-7-11-21(22)25)32(29,30)18-8-5-4-6-9-18/h4-12,16H,13-15,25H2,1-3H3. The van der Waals surface area contributed by atoms with Gasteiger partial charge in [-0.25, -0.2) is 17.2 Å². The average molecular weight is 454 g/mol. The second-order valence-corrected chi connectivity index (χ2v) is 10.6. The summed E-state index contributed by atoms with van der Waals surface area (Å²) >= 11 is 0. The average Bonchev–Trinajstić information content (AvgIpc) is 3.15. The Kier molecular flexibility index (Phi) is 5.50. The van der Waals surface area contributed by atoms with Gasteiger partial charge in [0.25, 0.3) is 10.0 Å². The number of anilines is 1. The van der Waals surface area contributed by atoms with Gasteiger partial charge in [-0.05, 0) is 51.0 Å². The second-order valence-electron chi connectivity index (χ2n) is 8.81. The topological polar surface area (TPSA) is 94.6 Å². The number of hydrogen-bond acceptors (Lipinski definition) is 5. The molecule has 1 aliphatic rings. The number of amides is 1. The summed E-state index contributed by atoms with van der Waals surface area (Å²) in [5.74, 6) is 0. The van der Waals surface area contributed by atoms with E-state index in [0.717, 1.165) is 16.5 Å². The lowest BCUT2D eigenvalue weighted by molar-refractivity contribution is 0.0270. The fraction of sp³-hybridized carbons (Fsp3) is 0.292. The third kappa shape index (κ3) is 4.10. The van der Waals surface area contributed by atoms with E-state index in [1.54, 1.807) is 47.5 Å². The number of nitrogens with two attached hydrogens (primary N) is 1. The number of hydrogen-bond donors (Lipinski definition) is 1. The Bertz CT molecular complexity index is 1300. The van der Waals surface area contributed by atoms with E-state index in [1.165, 1.54) is 3.97 Å². The van der Waals surface area contributed by atoms with E-state index in [-0.39, 0.29) is 11.0 Å². The zero-order valence-electron chi connectivity index (χ0n) is 18.4. The van der Waals surface area contributed by atoms with Crippen LogP contribution in [0.5, 0.6) is 0 Å². The Hall–Kier alpha value is -3.26. The molecule has 0 unspecified atom stereocenters. The number of ether oxygens (including phenoxy) is 1. The number of benzene rings is 2. The molecule has 32 heavy (non-hydrogen) atoms. The third-order valence-corrected chi connectivity index (χ3v) is 7.00. The molecular weight excluding hydrogens is 426 g/mol. The number of para-hydroxylation sites is 1. The highest BCUT2D eigenvalue weighted by Gasteiger charge is 2.27. The molecule has 7 nitrogen and oxygen atoms in total. The highest BCUT2D eigenvalue weighted by Crippen LogP contribution is 2.35. The first-order valence-electron chi connectivity index (χ1n) is 10.5. The van der Waals surface area contributed by atoms with Crippen molar-refractivity contribution in [1.82, 2.24) is 8.87 Å². The highest BCUT2D eigenvalue weighted by atomic mass is 32.2. The van der Waals surface area contributed by atoms with Gasteiger partial charge in [0.2, 0.25) is 0 Å². The van der Waals surface area contributed by atoms with Crippen LogP contribution in [0.2, 0.25) is 0 Å². The van der Waals surface area contributed by atoms with Gasteiger partial charge in [0.1, 0.15) is 5.60 Å². The lowest BCUT2D eigenvalue weighted by atomic mass is 9.99. The SMILES string of the molecule is CC(C)(C)OC(=O)N1CC=C(c2cn(S(=O)(=O)c3ccccc3)c3c(N)cccc23)CC1. The van der Waals surface area contributed by atoms with E-state index in [0.29, 0.717) is 30.7 Å². The van der Waals surface area contributed by atoms with Crippen LogP contribution in [0.25, 0.3) is 16.5 Å². The predicted octanol–water partition coefficient (Wildman–Crippen LogP) is 4.48. The van der Waals surface area contributed by atoms with Gasteiger partial charge in [-0.15, -0.1) is 0 Å². The lowest BCUT2D eigenvalue weighted by Gasteiger charge is -2.29. The quantitative estimate of drug-likeness (QED) is 0.590. The van der Waals surface area contributed by atoms with Crippen molar-refractivity contribution in [2.45, 2.75) is 37.7 Å². The highest BCUT2D eigenvalue weighted by molar-refractivity contribution is 7.90. The Morgan fingerprint density at radius 1 is 1.06 bits per heavy atom. The first-order valence-corrected chi connectivity index (χ1v) is 11.9. The summed E-state index contributed by atoms with van der Waals surface area (Å²) in [6.45, 7) is 6.39. The zero-order valence-corrected chi connectivity index (χ0v) is 19.2. The molecule has 1 amide bonds. The monoisotopic (exact) mass is 453 g/mol. The molecule has 1 aromatic heterocycles. The van der Waals surface area contributed by atoms with Gasteiger partial charge in [-0.2, -0.15) is 0 Å². The van der Waals surface area contributed by atoms with E-state index in [4.69, 9.17) is 10.5 Å². The summed E-state index contributed by atoms with van der Waals surface area (Å²) in [5, 5.41) is 0.765. The molecule has 3 aromatic rings. The van der Waals surface area contributed by atoms with E-state index in [1.807, 2.05) is 39.0 Å². The lowest BCUT2D eigenvalue weighted by Crippen LogP contribution is -2.39.